The zero-order chi connectivity index (χ0) is 36.3. The van der Waals surface area contributed by atoms with Gasteiger partial charge in [-0.05, 0) is 56.8 Å². The highest BCUT2D eigenvalue weighted by molar-refractivity contribution is 7.26. The Labute approximate surface area is 320 Å². The summed E-state index contributed by atoms with van der Waals surface area (Å²) in [6, 6.07) is 45.5. The maximum absolute atomic E-state index is 10.0. The van der Waals surface area contributed by atoms with E-state index >= 15 is 0 Å². The van der Waals surface area contributed by atoms with Crippen molar-refractivity contribution >= 4 is 79.4 Å². The van der Waals surface area contributed by atoms with Crippen molar-refractivity contribution in [1.82, 2.24) is 0 Å². The molecule has 0 saturated heterocycles. The summed E-state index contributed by atoms with van der Waals surface area (Å²) >= 11 is 3.71. The van der Waals surface area contributed by atoms with Crippen molar-refractivity contribution in [2.75, 3.05) is 26.4 Å². The van der Waals surface area contributed by atoms with E-state index in [4.69, 9.17) is 9.47 Å². The maximum atomic E-state index is 10.0. The summed E-state index contributed by atoms with van der Waals surface area (Å²) < 4.78 is 18.1. The van der Waals surface area contributed by atoms with Crippen molar-refractivity contribution in [3.05, 3.63) is 186 Å². The first kappa shape index (κ1) is 33.4. The number of thiophene rings is 2. The van der Waals surface area contributed by atoms with E-state index < -0.39 is 11.2 Å². The van der Waals surface area contributed by atoms with Gasteiger partial charge in [-0.2, -0.15) is 0 Å². The van der Waals surface area contributed by atoms with Crippen molar-refractivity contribution < 1.29 is 19.7 Å². The molecule has 2 N–H and O–H groups in total. The molecular formula is C48H36O4S2. The zero-order valence-corrected chi connectivity index (χ0v) is 31.0. The molecule has 0 aliphatic heterocycles. The lowest BCUT2D eigenvalue weighted by molar-refractivity contribution is -0.173. The molecule has 2 aliphatic carbocycles. The number of allylic oxidation sites excluding steroid dienone is 6. The monoisotopic (exact) mass is 740 g/mol. The zero-order valence-electron chi connectivity index (χ0n) is 29.4. The molecule has 2 aliphatic rings. The Morgan fingerprint density at radius 1 is 0.519 bits per heavy atom. The number of hydrogen-bond donors (Lipinski definition) is 2. The highest BCUT2D eigenvalue weighted by Crippen LogP contribution is 2.53. The van der Waals surface area contributed by atoms with E-state index in [1.54, 1.807) is 0 Å². The van der Waals surface area contributed by atoms with E-state index in [1.807, 2.05) is 34.8 Å². The molecule has 0 bridgehead atoms. The van der Waals surface area contributed by atoms with Crippen molar-refractivity contribution in [1.29, 1.82) is 0 Å². The summed E-state index contributed by atoms with van der Waals surface area (Å²) in [5.74, 6) is -1.34. The molecule has 54 heavy (non-hydrogen) atoms. The largest absolute Gasteiger partial charge is 0.394 e. The second kappa shape index (κ2) is 13.3. The van der Waals surface area contributed by atoms with Crippen LogP contribution in [0.25, 0.3) is 56.7 Å². The molecule has 264 valence electrons. The quantitative estimate of drug-likeness (QED) is 0.145. The van der Waals surface area contributed by atoms with Gasteiger partial charge in [-0.25, -0.2) is 0 Å². The summed E-state index contributed by atoms with van der Waals surface area (Å²) in [7, 11) is 0. The molecule has 2 heterocycles. The number of fused-ring (bicyclic) bond motifs is 8. The number of hydrogen-bond acceptors (Lipinski definition) is 6. The lowest BCUT2D eigenvalue weighted by Gasteiger charge is -2.40. The van der Waals surface area contributed by atoms with Gasteiger partial charge in [-0.1, -0.05) is 140 Å². The van der Waals surface area contributed by atoms with Crippen LogP contribution >= 0.6 is 22.7 Å². The Bertz CT molecular complexity index is 2760. The third-order valence-electron chi connectivity index (χ3n) is 10.9. The van der Waals surface area contributed by atoms with E-state index in [2.05, 4.69) is 146 Å². The van der Waals surface area contributed by atoms with Gasteiger partial charge in [0.1, 0.15) is 0 Å². The van der Waals surface area contributed by atoms with Gasteiger partial charge in [0.05, 0.1) is 31.8 Å². The second-order valence-corrected chi connectivity index (χ2v) is 15.9. The molecule has 2 aromatic heterocycles. The van der Waals surface area contributed by atoms with Crippen LogP contribution in [0.4, 0.5) is 0 Å². The minimum Gasteiger partial charge on any atom is -0.394 e. The van der Waals surface area contributed by atoms with Gasteiger partial charge in [0, 0.05) is 45.9 Å². The van der Waals surface area contributed by atoms with Gasteiger partial charge >= 0.3 is 0 Å². The average molecular weight is 741 g/mol. The minimum absolute atomic E-state index is 0.0614. The minimum atomic E-state index is -1.34. The van der Waals surface area contributed by atoms with E-state index in [0.29, 0.717) is 0 Å². The van der Waals surface area contributed by atoms with Crippen LogP contribution in [0, 0.1) is 0 Å². The second-order valence-electron chi connectivity index (χ2n) is 13.8. The van der Waals surface area contributed by atoms with Crippen LogP contribution < -0.4 is 0 Å². The van der Waals surface area contributed by atoms with Crippen LogP contribution in [-0.2, 0) is 14.9 Å². The summed E-state index contributed by atoms with van der Waals surface area (Å²) in [4.78, 5) is 0. The fourth-order valence-corrected chi connectivity index (χ4v) is 11.2. The number of ether oxygens (including phenoxy) is 2. The Morgan fingerprint density at radius 2 is 1.06 bits per heavy atom. The molecule has 8 aromatic rings. The van der Waals surface area contributed by atoms with E-state index in [9.17, 15) is 10.2 Å². The van der Waals surface area contributed by atoms with Gasteiger partial charge < -0.3 is 19.7 Å². The molecule has 10 rings (SSSR count). The number of aliphatic hydroxyl groups is 2. The Hall–Kier alpha value is -5.18. The molecule has 6 aromatic carbocycles. The molecule has 0 spiro atoms. The summed E-state index contributed by atoms with van der Waals surface area (Å²) in [5, 5.41) is 27.2. The van der Waals surface area contributed by atoms with Crippen LogP contribution in [0.15, 0.2) is 169 Å². The third-order valence-corrected chi connectivity index (χ3v) is 13.3. The van der Waals surface area contributed by atoms with E-state index in [1.165, 1.54) is 51.5 Å². The van der Waals surface area contributed by atoms with E-state index in [-0.39, 0.29) is 26.4 Å². The molecule has 0 atom stereocenters. The smallest absolute Gasteiger partial charge is 0.216 e. The summed E-state index contributed by atoms with van der Waals surface area (Å²) in [5.41, 5.74) is 5.69. The highest BCUT2D eigenvalue weighted by Gasteiger charge is 2.44. The SMILES string of the molecule is OCCOC1(OCCO)C=CC2=CC(c3cccc4c3sc3ccccc34)(c3cccc4c3sc3ccccc34)C=CC2=C1c1cccc2ccccc12. The number of benzene rings is 6. The predicted octanol–water partition coefficient (Wildman–Crippen LogP) is 11.1. The Kier molecular flexibility index (Phi) is 8.22. The van der Waals surface area contributed by atoms with Crippen LogP contribution in [0.2, 0.25) is 0 Å². The topological polar surface area (TPSA) is 58.9 Å². The maximum Gasteiger partial charge on any atom is 0.216 e. The highest BCUT2D eigenvalue weighted by atomic mass is 32.1. The molecule has 0 radical (unpaired) electrons. The van der Waals surface area contributed by atoms with Gasteiger partial charge in [-0.15, -0.1) is 22.7 Å². The Balaban J connectivity index is 1.30. The summed E-state index contributed by atoms with van der Waals surface area (Å²) in [6.07, 6.45) is 11.1. The molecule has 4 nitrogen and oxygen atoms in total. The van der Waals surface area contributed by atoms with Gasteiger partial charge in [-0.3, -0.25) is 0 Å². The standard InChI is InChI=1S/C48H36O4S2/c49-26-28-51-48(52-29-27-50)25-22-32-30-47(40-18-8-16-38-35-13-3-5-20-42(35)53-45(38)40,41-19-9-17-39-36-14-4-6-21-43(36)54-46(39)41)24-23-34(32)44(48)37-15-7-11-31-10-1-2-12-33(31)37/h1-25,30,49-50H,26-29H2. The van der Waals surface area contributed by atoms with Crippen LogP contribution in [0.3, 0.4) is 0 Å². The van der Waals surface area contributed by atoms with Gasteiger partial charge in [0.2, 0.25) is 5.79 Å². The lowest BCUT2D eigenvalue weighted by atomic mass is 9.67. The van der Waals surface area contributed by atoms with Crippen LogP contribution in [-0.4, -0.2) is 42.4 Å². The molecule has 6 heteroatoms. The molecule has 0 fully saturated rings. The number of rotatable bonds is 9. The first-order valence-corrected chi connectivity index (χ1v) is 19.9. The molecular weight excluding hydrogens is 705 g/mol. The molecule has 0 saturated carbocycles. The predicted molar refractivity (Wildman–Crippen MR) is 225 cm³/mol. The van der Waals surface area contributed by atoms with Crippen molar-refractivity contribution in [3.8, 4) is 0 Å². The first-order chi connectivity index (χ1) is 26.6. The third kappa shape index (κ3) is 5.10. The van der Waals surface area contributed by atoms with Gasteiger partial charge in [0.25, 0.3) is 0 Å². The lowest BCUT2D eigenvalue weighted by Crippen LogP contribution is -2.40. The first-order valence-electron chi connectivity index (χ1n) is 18.3. The van der Waals surface area contributed by atoms with E-state index in [0.717, 1.165) is 33.1 Å². The van der Waals surface area contributed by atoms with Crippen molar-refractivity contribution in [2.45, 2.75) is 11.2 Å². The van der Waals surface area contributed by atoms with Gasteiger partial charge in [0.15, 0.2) is 0 Å². The normalized spacial score (nSPS) is 16.2. The summed E-state index contributed by atoms with van der Waals surface area (Å²) in [6.45, 7) is -0.218. The average Bonchev–Trinajstić information content (AvgIpc) is 3.80. The molecule has 0 unspecified atom stereocenters. The van der Waals surface area contributed by atoms with Crippen LogP contribution in [0.5, 0.6) is 0 Å². The van der Waals surface area contributed by atoms with Crippen molar-refractivity contribution in [2.24, 2.45) is 0 Å². The van der Waals surface area contributed by atoms with Crippen LogP contribution in [0.1, 0.15) is 16.7 Å². The fraction of sp³-hybridized carbons (Fsp3) is 0.125. The Morgan fingerprint density at radius 3 is 1.69 bits per heavy atom. The molecule has 0 amide bonds. The number of aliphatic hydroxyl groups excluding tert-OH is 2. The fourth-order valence-electron chi connectivity index (χ4n) is 8.60. The van der Waals surface area contributed by atoms with Crippen molar-refractivity contribution in [3.63, 3.8) is 0 Å².